The monoisotopic (exact) mass is 194 g/mol. The number of carbonyl (C=O) groups is 1. The van der Waals surface area contributed by atoms with Crippen molar-refractivity contribution in [2.75, 3.05) is 0 Å². The molecular weight excluding hydrogens is 172 g/mol. The van der Waals surface area contributed by atoms with Gasteiger partial charge in [-0.05, 0) is 39.0 Å². The molecule has 1 nitrogen and oxygen atoms in total. The fourth-order valence-electron chi connectivity index (χ4n) is 2.21. The van der Waals surface area contributed by atoms with Crippen LogP contribution in [0.3, 0.4) is 0 Å². The molecule has 1 saturated carbocycles. The first-order chi connectivity index (χ1) is 6.74. The minimum absolute atomic E-state index is 0.379. The van der Waals surface area contributed by atoms with Gasteiger partial charge in [0.15, 0.2) is 0 Å². The lowest BCUT2D eigenvalue weighted by Crippen LogP contribution is -2.18. The Balaban J connectivity index is 2.29. The van der Waals surface area contributed by atoms with Gasteiger partial charge >= 0.3 is 0 Å². The summed E-state index contributed by atoms with van der Waals surface area (Å²) in [6.45, 7) is 4.34. The van der Waals surface area contributed by atoms with Crippen LogP contribution in [0.15, 0.2) is 11.6 Å². The highest BCUT2D eigenvalue weighted by Gasteiger charge is 2.21. The highest BCUT2D eigenvalue weighted by atomic mass is 16.1. The summed E-state index contributed by atoms with van der Waals surface area (Å²) in [4.78, 5) is 11.5. The van der Waals surface area contributed by atoms with Gasteiger partial charge < -0.3 is 0 Å². The van der Waals surface area contributed by atoms with Crippen LogP contribution in [0.25, 0.3) is 0 Å². The SMILES string of the molecule is CCC=C(C)CCC1CCCCC1=O. The molecule has 0 spiro atoms. The van der Waals surface area contributed by atoms with Gasteiger partial charge in [0.1, 0.15) is 5.78 Å². The quantitative estimate of drug-likeness (QED) is 0.621. The van der Waals surface area contributed by atoms with Crippen LogP contribution in [0.1, 0.15) is 58.8 Å². The lowest BCUT2D eigenvalue weighted by molar-refractivity contribution is -0.124. The zero-order valence-electron chi connectivity index (χ0n) is 9.51. The van der Waals surface area contributed by atoms with Gasteiger partial charge in [0.05, 0.1) is 0 Å². The molecule has 80 valence electrons. The average Bonchev–Trinajstić information content (AvgIpc) is 2.17. The highest BCUT2D eigenvalue weighted by molar-refractivity contribution is 5.81. The molecule has 0 aliphatic heterocycles. The Morgan fingerprint density at radius 3 is 2.93 bits per heavy atom. The summed E-state index contributed by atoms with van der Waals surface area (Å²) in [6.07, 6.45) is 9.94. The molecular formula is C13H22O. The summed E-state index contributed by atoms with van der Waals surface area (Å²) in [5.41, 5.74) is 1.45. The van der Waals surface area contributed by atoms with Gasteiger partial charge in [-0.15, -0.1) is 0 Å². The van der Waals surface area contributed by atoms with Crippen LogP contribution < -0.4 is 0 Å². The number of allylic oxidation sites excluding steroid dienone is 2. The third-order valence-corrected chi connectivity index (χ3v) is 3.12. The molecule has 1 rings (SSSR count). The van der Waals surface area contributed by atoms with Crippen molar-refractivity contribution in [3.8, 4) is 0 Å². The Bertz CT molecular complexity index is 215. The van der Waals surface area contributed by atoms with E-state index in [-0.39, 0.29) is 0 Å². The van der Waals surface area contributed by atoms with Crippen LogP contribution >= 0.6 is 0 Å². The second-order valence-electron chi connectivity index (χ2n) is 4.41. The Morgan fingerprint density at radius 2 is 2.29 bits per heavy atom. The summed E-state index contributed by atoms with van der Waals surface area (Å²) in [5.74, 6) is 0.893. The van der Waals surface area contributed by atoms with Gasteiger partial charge in [0, 0.05) is 12.3 Å². The fourth-order valence-corrected chi connectivity index (χ4v) is 2.21. The normalized spacial score (nSPS) is 24.0. The van der Waals surface area contributed by atoms with Crippen LogP contribution in [0.5, 0.6) is 0 Å². The Kier molecular flexibility index (Phi) is 4.92. The van der Waals surface area contributed by atoms with Gasteiger partial charge in [-0.25, -0.2) is 0 Å². The zero-order valence-corrected chi connectivity index (χ0v) is 9.51. The molecule has 0 aromatic rings. The first-order valence-corrected chi connectivity index (χ1v) is 5.92. The van der Waals surface area contributed by atoms with E-state index in [4.69, 9.17) is 0 Å². The Labute approximate surface area is 87.6 Å². The van der Waals surface area contributed by atoms with E-state index in [0.29, 0.717) is 11.7 Å². The van der Waals surface area contributed by atoms with Crippen molar-refractivity contribution < 1.29 is 4.79 Å². The minimum atomic E-state index is 0.379. The van der Waals surface area contributed by atoms with Gasteiger partial charge in [0.2, 0.25) is 0 Å². The van der Waals surface area contributed by atoms with Crippen molar-refractivity contribution in [3.63, 3.8) is 0 Å². The number of hydrogen-bond donors (Lipinski definition) is 0. The molecule has 0 amide bonds. The molecule has 1 aliphatic carbocycles. The number of carbonyl (C=O) groups excluding carboxylic acids is 1. The maximum absolute atomic E-state index is 11.5. The third-order valence-electron chi connectivity index (χ3n) is 3.12. The molecule has 0 N–H and O–H groups in total. The van der Waals surface area contributed by atoms with Crippen LogP contribution in [0, 0.1) is 5.92 Å². The zero-order chi connectivity index (χ0) is 10.4. The van der Waals surface area contributed by atoms with Crippen LogP contribution in [-0.2, 0) is 4.79 Å². The maximum Gasteiger partial charge on any atom is 0.135 e. The Hall–Kier alpha value is -0.590. The molecule has 0 heterocycles. The topological polar surface area (TPSA) is 17.1 Å². The number of ketones is 1. The molecule has 0 radical (unpaired) electrons. The van der Waals surface area contributed by atoms with Gasteiger partial charge in [-0.2, -0.15) is 0 Å². The molecule has 1 aliphatic rings. The second kappa shape index (κ2) is 6.00. The van der Waals surface area contributed by atoms with E-state index in [0.717, 1.165) is 38.5 Å². The summed E-state index contributed by atoms with van der Waals surface area (Å²) in [5, 5.41) is 0. The number of hydrogen-bond acceptors (Lipinski definition) is 1. The summed E-state index contributed by atoms with van der Waals surface area (Å²) in [6, 6.07) is 0. The smallest absolute Gasteiger partial charge is 0.135 e. The molecule has 0 saturated heterocycles. The second-order valence-corrected chi connectivity index (χ2v) is 4.41. The standard InChI is InChI=1S/C13H22O/c1-3-6-11(2)9-10-12-7-4-5-8-13(12)14/h6,12H,3-5,7-10H2,1-2H3. The highest BCUT2D eigenvalue weighted by Crippen LogP contribution is 2.25. The van der Waals surface area contributed by atoms with E-state index in [1.165, 1.54) is 12.0 Å². The maximum atomic E-state index is 11.5. The molecule has 1 heteroatoms. The summed E-state index contributed by atoms with van der Waals surface area (Å²) >= 11 is 0. The van der Waals surface area contributed by atoms with E-state index in [1.807, 2.05) is 0 Å². The molecule has 1 unspecified atom stereocenters. The summed E-state index contributed by atoms with van der Waals surface area (Å²) < 4.78 is 0. The van der Waals surface area contributed by atoms with Crippen molar-refractivity contribution >= 4 is 5.78 Å². The van der Waals surface area contributed by atoms with E-state index in [1.54, 1.807) is 0 Å². The summed E-state index contributed by atoms with van der Waals surface area (Å²) in [7, 11) is 0. The van der Waals surface area contributed by atoms with Crippen LogP contribution in [0.2, 0.25) is 0 Å². The van der Waals surface area contributed by atoms with E-state index in [9.17, 15) is 4.79 Å². The fraction of sp³-hybridized carbons (Fsp3) is 0.769. The van der Waals surface area contributed by atoms with Crippen molar-refractivity contribution in [1.82, 2.24) is 0 Å². The van der Waals surface area contributed by atoms with Crippen molar-refractivity contribution in [3.05, 3.63) is 11.6 Å². The largest absolute Gasteiger partial charge is 0.299 e. The predicted octanol–water partition coefficient (Wildman–Crippen LogP) is 3.88. The first kappa shape index (κ1) is 11.5. The van der Waals surface area contributed by atoms with Crippen molar-refractivity contribution in [2.24, 2.45) is 5.92 Å². The van der Waals surface area contributed by atoms with E-state index < -0.39 is 0 Å². The van der Waals surface area contributed by atoms with Crippen molar-refractivity contribution in [2.45, 2.75) is 58.8 Å². The minimum Gasteiger partial charge on any atom is -0.299 e. The molecule has 0 bridgehead atoms. The van der Waals surface area contributed by atoms with Gasteiger partial charge in [-0.1, -0.05) is 25.0 Å². The van der Waals surface area contributed by atoms with E-state index in [2.05, 4.69) is 19.9 Å². The predicted molar refractivity (Wildman–Crippen MR) is 60.2 cm³/mol. The Morgan fingerprint density at radius 1 is 1.50 bits per heavy atom. The number of rotatable bonds is 4. The average molecular weight is 194 g/mol. The molecule has 1 atom stereocenters. The molecule has 0 aromatic carbocycles. The lowest BCUT2D eigenvalue weighted by Gasteiger charge is -2.20. The van der Waals surface area contributed by atoms with Gasteiger partial charge in [-0.3, -0.25) is 4.79 Å². The third kappa shape index (κ3) is 3.65. The molecule has 1 fully saturated rings. The lowest BCUT2D eigenvalue weighted by atomic mass is 9.84. The van der Waals surface area contributed by atoms with Gasteiger partial charge in [0.25, 0.3) is 0 Å². The van der Waals surface area contributed by atoms with Crippen molar-refractivity contribution in [1.29, 1.82) is 0 Å². The first-order valence-electron chi connectivity index (χ1n) is 5.92. The van der Waals surface area contributed by atoms with E-state index >= 15 is 0 Å². The van der Waals surface area contributed by atoms with Crippen LogP contribution in [0.4, 0.5) is 0 Å². The van der Waals surface area contributed by atoms with Crippen LogP contribution in [-0.4, -0.2) is 5.78 Å². The number of Topliss-reactive ketones (excluding diaryl/α,β-unsaturated/α-hetero) is 1. The molecule has 14 heavy (non-hydrogen) atoms. The molecule has 0 aromatic heterocycles.